The Hall–Kier alpha value is -2.37. The smallest absolute Gasteiger partial charge is 0.434 e. The lowest BCUT2D eigenvalue weighted by molar-refractivity contribution is -0.0984. The first-order chi connectivity index (χ1) is 19.2. The van der Waals surface area contributed by atoms with Crippen molar-refractivity contribution in [2.45, 2.75) is 72.5 Å². The van der Waals surface area contributed by atoms with Gasteiger partial charge in [-0.1, -0.05) is 41.5 Å². The molecular formula is C24H39N2O14PS. The van der Waals surface area contributed by atoms with Crippen LogP contribution in [0.5, 0.6) is 0 Å². The molecule has 3 N–H and O–H groups in total. The maximum Gasteiger partial charge on any atom is 0.510 e. The highest BCUT2D eigenvalue weighted by Gasteiger charge is 2.53. The van der Waals surface area contributed by atoms with E-state index in [0.717, 1.165) is 6.07 Å². The van der Waals surface area contributed by atoms with E-state index in [1.165, 1.54) is 17.7 Å². The van der Waals surface area contributed by atoms with Gasteiger partial charge < -0.3 is 33.9 Å². The van der Waals surface area contributed by atoms with Gasteiger partial charge in [0.15, 0.2) is 11.0 Å². The zero-order valence-corrected chi connectivity index (χ0v) is 26.2. The Kier molecular flexibility index (Phi) is 12.3. The molecule has 42 heavy (non-hydrogen) atoms. The van der Waals surface area contributed by atoms with E-state index in [-0.39, 0.29) is 28.8 Å². The van der Waals surface area contributed by atoms with E-state index in [4.69, 9.17) is 49.5 Å². The van der Waals surface area contributed by atoms with Crippen molar-refractivity contribution in [1.82, 2.24) is 9.55 Å². The molecule has 0 aliphatic carbocycles. The summed E-state index contributed by atoms with van der Waals surface area (Å²) < 4.78 is 54.7. The summed E-state index contributed by atoms with van der Waals surface area (Å²) in [6.07, 6.45) is -5.20. The minimum atomic E-state index is -4.68. The van der Waals surface area contributed by atoms with Crippen molar-refractivity contribution in [2.24, 2.45) is 10.8 Å². The molecule has 1 saturated heterocycles. The highest BCUT2D eigenvalue weighted by Crippen LogP contribution is 2.50. The Morgan fingerprint density at radius 2 is 1.52 bits per heavy atom. The van der Waals surface area contributed by atoms with E-state index in [9.17, 15) is 29.2 Å². The van der Waals surface area contributed by atoms with E-state index < -0.39 is 69.9 Å². The molecule has 2 heterocycles. The van der Waals surface area contributed by atoms with Crippen LogP contribution >= 0.6 is 20.0 Å². The minimum absolute atomic E-state index is 0.0261. The number of H-pyrrole nitrogens is 1. The number of ether oxygens (including phenoxy) is 5. The zero-order chi connectivity index (χ0) is 31.9. The van der Waals surface area contributed by atoms with Crippen molar-refractivity contribution < 1.29 is 61.6 Å². The molecule has 0 saturated carbocycles. The van der Waals surface area contributed by atoms with Gasteiger partial charge in [-0.15, -0.1) is 0 Å². The number of carbonyl (C=O) groups excluding carboxylic acids is 2. The summed E-state index contributed by atoms with van der Waals surface area (Å²) in [5, 5.41) is 21.6. The molecule has 18 heteroatoms. The lowest BCUT2D eigenvalue weighted by Crippen LogP contribution is -2.44. The molecule has 0 spiro atoms. The number of hydrogen-bond donors (Lipinski definition) is 3. The summed E-state index contributed by atoms with van der Waals surface area (Å²) in [4.78, 5) is 37.6. The fourth-order valence-corrected chi connectivity index (χ4v) is 4.35. The van der Waals surface area contributed by atoms with E-state index >= 15 is 0 Å². The van der Waals surface area contributed by atoms with Gasteiger partial charge >= 0.3 is 20.1 Å². The molecule has 16 nitrogen and oxygen atoms in total. The second-order valence-electron chi connectivity index (χ2n) is 11.9. The van der Waals surface area contributed by atoms with Crippen LogP contribution in [0.2, 0.25) is 0 Å². The predicted molar refractivity (Wildman–Crippen MR) is 146 cm³/mol. The van der Waals surface area contributed by atoms with Crippen molar-refractivity contribution in [2.75, 3.05) is 33.4 Å². The predicted octanol–water partition coefficient (Wildman–Crippen LogP) is 3.39. The largest absolute Gasteiger partial charge is 0.510 e. The van der Waals surface area contributed by atoms with Crippen molar-refractivity contribution in [1.29, 1.82) is 0 Å². The van der Waals surface area contributed by atoms with Crippen molar-refractivity contribution in [3.05, 3.63) is 27.4 Å². The van der Waals surface area contributed by atoms with E-state index in [1.54, 1.807) is 0 Å². The fourth-order valence-electron chi connectivity index (χ4n) is 3.18. The van der Waals surface area contributed by atoms with Crippen LogP contribution in [0.1, 0.15) is 54.7 Å². The van der Waals surface area contributed by atoms with Crippen LogP contribution in [0.4, 0.5) is 9.59 Å². The molecule has 240 valence electrons. The van der Waals surface area contributed by atoms with Crippen molar-refractivity contribution >= 4 is 32.4 Å². The molecule has 1 aliphatic heterocycles. The van der Waals surface area contributed by atoms with Crippen LogP contribution in [-0.4, -0.2) is 83.3 Å². The number of aromatic nitrogens is 2. The van der Waals surface area contributed by atoms with Gasteiger partial charge in [0.25, 0.3) is 5.56 Å². The lowest BCUT2D eigenvalue weighted by atomic mass is 9.96. The van der Waals surface area contributed by atoms with Crippen LogP contribution < -0.4 is 5.56 Å². The number of nitrogens with one attached hydrogen (secondary N) is 1. The number of aromatic amines is 1. The molecular weight excluding hydrogens is 603 g/mol. The molecule has 0 bridgehead atoms. The Morgan fingerprint density at radius 1 is 1.02 bits per heavy atom. The average molecular weight is 643 g/mol. The van der Waals surface area contributed by atoms with Crippen LogP contribution in [0.25, 0.3) is 0 Å². The normalized spacial score (nSPS) is 22.9. The monoisotopic (exact) mass is 642 g/mol. The summed E-state index contributed by atoms with van der Waals surface area (Å²) in [6.45, 7) is 9.68. The van der Waals surface area contributed by atoms with E-state index in [2.05, 4.69) is 4.98 Å². The minimum Gasteiger partial charge on any atom is -0.434 e. The van der Waals surface area contributed by atoms with Crippen LogP contribution in [-0.2, 0) is 41.8 Å². The van der Waals surface area contributed by atoms with Gasteiger partial charge in [0.05, 0.1) is 19.8 Å². The summed E-state index contributed by atoms with van der Waals surface area (Å²) in [5.74, 6) is 0. The topological polar surface area (TPSA) is 203 Å². The molecule has 1 fully saturated rings. The molecule has 0 amide bonds. The molecule has 4 atom stereocenters. The molecule has 0 aromatic carbocycles. The second kappa shape index (κ2) is 14.4. The van der Waals surface area contributed by atoms with Crippen molar-refractivity contribution in [3.8, 4) is 0 Å². The number of carbonyl (C=O) groups is 2. The summed E-state index contributed by atoms with van der Waals surface area (Å²) in [5.41, 5.74) is -3.13. The quantitative estimate of drug-likeness (QED) is 0.129. The van der Waals surface area contributed by atoms with Gasteiger partial charge in [0, 0.05) is 12.3 Å². The molecule has 1 aromatic heterocycles. The van der Waals surface area contributed by atoms with E-state index in [1.807, 2.05) is 41.5 Å². The van der Waals surface area contributed by atoms with Crippen LogP contribution in [0.3, 0.4) is 0 Å². The summed E-state index contributed by atoms with van der Waals surface area (Å²) in [6, 6.07) is 1.14. The standard InChI is InChI=1S/C24H39N2O14PS/c1-22(2,3)11-33-20(29)35-13-38-41(32,39-14-36-21(30)34-12-23(4,5)6)37-10-15-17(28)24(7,31)18(40-15)26-9-8-16(27)25-19(26)42/h8-9,15,17-18,28,31H,10-14H2,1-7H3,(H,25,27,42)/t15-,17?,18-,24-/m1/s1. The first-order valence-electron chi connectivity index (χ1n) is 12.7. The van der Waals surface area contributed by atoms with E-state index in [0.29, 0.717) is 0 Å². The highest BCUT2D eigenvalue weighted by molar-refractivity contribution is 7.71. The Morgan fingerprint density at radius 3 is 1.98 bits per heavy atom. The number of aliphatic hydroxyl groups is 2. The first kappa shape index (κ1) is 35.8. The summed E-state index contributed by atoms with van der Waals surface area (Å²) in [7, 11) is -4.68. The molecule has 1 unspecified atom stereocenters. The van der Waals surface area contributed by atoms with Gasteiger partial charge in [-0.05, 0) is 30.0 Å². The van der Waals surface area contributed by atoms with Gasteiger partial charge in [-0.3, -0.25) is 18.9 Å². The Bertz CT molecular complexity index is 1190. The molecule has 1 aliphatic rings. The van der Waals surface area contributed by atoms with Crippen LogP contribution in [0.15, 0.2) is 17.1 Å². The number of phosphoric acid groups is 1. The maximum absolute atomic E-state index is 13.3. The fraction of sp³-hybridized carbons (Fsp3) is 0.750. The maximum atomic E-state index is 13.3. The number of hydrogen-bond acceptors (Lipinski definition) is 15. The molecule has 1 aromatic rings. The summed E-state index contributed by atoms with van der Waals surface area (Å²) >= 11 is 5.11. The highest BCUT2D eigenvalue weighted by atomic mass is 32.1. The number of aliphatic hydroxyl groups excluding tert-OH is 1. The van der Waals surface area contributed by atoms with Gasteiger partial charge in [0.2, 0.25) is 13.6 Å². The average Bonchev–Trinajstić information content (AvgIpc) is 3.08. The zero-order valence-electron chi connectivity index (χ0n) is 24.5. The Balaban J connectivity index is 2.07. The number of nitrogens with zero attached hydrogens (tertiary/aromatic N) is 1. The molecule has 2 rings (SSSR count). The Labute approximate surface area is 247 Å². The third-order valence-corrected chi connectivity index (χ3v) is 6.90. The van der Waals surface area contributed by atoms with Crippen molar-refractivity contribution in [3.63, 3.8) is 0 Å². The number of rotatable bonds is 12. The van der Waals surface area contributed by atoms with Crippen LogP contribution in [0, 0.1) is 15.6 Å². The third-order valence-electron chi connectivity index (χ3n) is 5.28. The number of phosphoric ester groups is 1. The SMILES string of the molecule is CC(C)(C)COC(=O)OCOP(=O)(OCOC(=O)OCC(C)(C)C)OC[C@H]1O[C@@H](n2ccc(=O)[nH]c2=S)[C@](C)(O)C1O. The third kappa shape index (κ3) is 11.4. The first-order valence-corrected chi connectivity index (χ1v) is 14.6. The van der Waals surface area contributed by atoms with Gasteiger partial charge in [-0.2, -0.15) is 0 Å². The second-order valence-corrected chi connectivity index (χ2v) is 14.0. The van der Waals surface area contributed by atoms with Gasteiger partial charge in [-0.25, -0.2) is 23.2 Å². The lowest BCUT2D eigenvalue weighted by Gasteiger charge is -2.28. The molecule has 0 radical (unpaired) electrons. The van der Waals surface area contributed by atoms with Gasteiger partial charge in [0.1, 0.15) is 17.8 Å².